The van der Waals surface area contributed by atoms with E-state index in [4.69, 9.17) is 5.73 Å². The molecular weight excluding hydrogens is 224 g/mol. The van der Waals surface area contributed by atoms with Crippen LogP contribution in [0.4, 0.5) is 0 Å². The van der Waals surface area contributed by atoms with E-state index < -0.39 is 0 Å². The molecule has 0 heterocycles. The van der Waals surface area contributed by atoms with Crippen molar-refractivity contribution < 1.29 is 4.79 Å². The van der Waals surface area contributed by atoms with Crippen molar-refractivity contribution in [1.82, 2.24) is 4.90 Å². The predicted octanol–water partition coefficient (Wildman–Crippen LogP) is 1.46. The lowest BCUT2D eigenvalue weighted by Gasteiger charge is -2.16. The second kappa shape index (κ2) is 8.13. The molecule has 0 unspecified atom stereocenters. The lowest BCUT2D eigenvalue weighted by molar-refractivity contribution is -0.129. The summed E-state index contributed by atoms with van der Waals surface area (Å²) >= 11 is 0. The first-order valence-corrected chi connectivity index (χ1v) is 5.22. The molecular formula is C12H19ClN2O. The number of halogens is 1. The van der Waals surface area contributed by atoms with E-state index in [0.29, 0.717) is 13.0 Å². The van der Waals surface area contributed by atoms with Crippen molar-refractivity contribution in [3.05, 3.63) is 35.9 Å². The van der Waals surface area contributed by atoms with Crippen LogP contribution in [0, 0.1) is 0 Å². The SMILES string of the molecule is CN(CCc1ccccc1)C(=O)CCN.Cl. The van der Waals surface area contributed by atoms with Crippen LogP contribution in [0.25, 0.3) is 0 Å². The summed E-state index contributed by atoms with van der Waals surface area (Å²) in [4.78, 5) is 13.1. The highest BCUT2D eigenvalue weighted by Crippen LogP contribution is 2.01. The van der Waals surface area contributed by atoms with E-state index in [9.17, 15) is 4.79 Å². The zero-order chi connectivity index (χ0) is 11.1. The van der Waals surface area contributed by atoms with Gasteiger partial charge in [-0.15, -0.1) is 12.4 Å². The number of rotatable bonds is 5. The van der Waals surface area contributed by atoms with Gasteiger partial charge in [0.25, 0.3) is 0 Å². The molecule has 4 heteroatoms. The molecule has 0 fully saturated rings. The van der Waals surface area contributed by atoms with Gasteiger partial charge in [0.2, 0.25) is 5.91 Å². The van der Waals surface area contributed by atoms with Gasteiger partial charge in [-0.1, -0.05) is 30.3 Å². The Morgan fingerprint density at radius 3 is 2.50 bits per heavy atom. The van der Waals surface area contributed by atoms with Gasteiger partial charge in [-0.2, -0.15) is 0 Å². The standard InChI is InChI=1S/C12H18N2O.ClH/c1-14(12(15)7-9-13)10-8-11-5-3-2-4-6-11;/h2-6H,7-10,13H2,1H3;1H. The number of carbonyl (C=O) groups is 1. The fourth-order valence-electron chi connectivity index (χ4n) is 1.38. The van der Waals surface area contributed by atoms with Crippen molar-refractivity contribution in [3.63, 3.8) is 0 Å². The number of hydrogen-bond donors (Lipinski definition) is 1. The molecule has 0 atom stereocenters. The maximum Gasteiger partial charge on any atom is 0.223 e. The second-order valence-electron chi connectivity index (χ2n) is 3.59. The lowest BCUT2D eigenvalue weighted by atomic mass is 10.1. The zero-order valence-electron chi connectivity index (χ0n) is 9.56. The van der Waals surface area contributed by atoms with Crippen LogP contribution in [0.5, 0.6) is 0 Å². The fourth-order valence-corrected chi connectivity index (χ4v) is 1.38. The Balaban J connectivity index is 0.00000225. The second-order valence-corrected chi connectivity index (χ2v) is 3.59. The predicted molar refractivity (Wildman–Crippen MR) is 68.7 cm³/mol. The maximum absolute atomic E-state index is 11.4. The largest absolute Gasteiger partial charge is 0.345 e. The monoisotopic (exact) mass is 242 g/mol. The third-order valence-corrected chi connectivity index (χ3v) is 2.36. The highest BCUT2D eigenvalue weighted by molar-refractivity contribution is 5.85. The molecule has 0 bridgehead atoms. The van der Waals surface area contributed by atoms with Crippen LogP contribution < -0.4 is 5.73 Å². The van der Waals surface area contributed by atoms with Crippen LogP contribution in [0.1, 0.15) is 12.0 Å². The van der Waals surface area contributed by atoms with Crippen molar-refractivity contribution >= 4 is 18.3 Å². The molecule has 0 aromatic heterocycles. The molecule has 0 aliphatic rings. The van der Waals surface area contributed by atoms with Gasteiger partial charge < -0.3 is 10.6 Å². The first-order chi connectivity index (χ1) is 7.24. The average molecular weight is 243 g/mol. The quantitative estimate of drug-likeness (QED) is 0.850. The Morgan fingerprint density at radius 1 is 1.31 bits per heavy atom. The molecule has 1 aromatic carbocycles. The molecule has 1 rings (SSSR count). The number of likely N-dealkylation sites (N-methyl/N-ethyl adjacent to an activating group) is 1. The van der Waals surface area contributed by atoms with Crippen molar-refractivity contribution in [3.8, 4) is 0 Å². The molecule has 1 amide bonds. The number of hydrogen-bond acceptors (Lipinski definition) is 2. The maximum atomic E-state index is 11.4. The number of nitrogens with zero attached hydrogens (tertiary/aromatic N) is 1. The van der Waals surface area contributed by atoms with E-state index in [1.165, 1.54) is 5.56 Å². The summed E-state index contributed by atoms with van der Waals surface area (Å²) in [5.41, 5.74) is 6.58. The van der Waals surface area contributed by atoms with Crippen molar-refractivity contribution in [2.45, 2.75) is 12.8 Å². The normalized spacial score (nSPS) is 9.38. The first kappa shape index (κ1) is 14.9. The van der Waals surface area contributed by atoms with Gasteiger partial charge in [0.1, 0.15) is 0 Å². The molecule has 0 saturated heterocycles. The molecule has 0 spiro atoms. The van der Waals surface area contributed by atoms with Crippen molar-refractivity contribution in [1.29, 1.82) is 0 Å². The van der Waals surface area contributed by atoms with E-state index >= 15 is 0 Å². The highest BCUT2D eigenvalue weighted by atomic mass is 35.5. The fraction of sp³-hybridized carbons (Fsp3) is 0.417. The average Bonchev–Trinajstić information content (AvgIpc) is 2.27. The van der Waals surface area contributed by atoms with Crippen molar-refractivity contribution in [2.24, 2.45) is 5.73 Å². The summed E-state index contributed by atoms with van der Waals surface area (Å²) in [7, 11) is 1.82. The lowest BCUT2D eigenvalue weighted by Crippen LogP contribution is -2.30. The van der Waals surface area contributed by atoms with Gasteiger partial charge in [0, 0.05) is 26.6 Å². The van der Waals surface area contributed by atoms with Crippen molar-refractivity contribution in [2.75, 3.05) is 20.1 Å². The van der Waals surface area contributed by atoms with E-state index in [0.717, 1.165) is 13.0 Å². The number of carbonyl (C=O) groups excluding carboxylic acids is 1. The number of amides is 1. The summed E-state index contributed by atoms with van der Waals surface area (Å²) in [6, 6.07) is 10.2. The molecule has 1 aromatic rings. The molecule has 0 aliphatic heterocycles. The minimum absolute atomic E-state index is 0. The van der Waals surface area contributed by atoms with E-state index in [2.05, 4.69) is 12.1 Å². The Morgan fingerprint density at radius 2 is 1.94 bits per heavy atom. The van der Waals surface area contributed by atoms with Gasteiger partial charge >= 0.3 is 0 Å². The van der Waals surface area contributed by atoms with Crippen LogP contribution in [-0.4, -0.2) is 30.9 Å². The topological polar surface area (TPSA) is 46.3 Å². The van der Waals surface area contributed by atoms with E-state index in [-0.39, 0.29) is 18.3 Å². The van der Waals surface area contributed by atoms with Gasteiger partial charge in [0.05, 0.1) is 0 Å². The molecule has 16 heavy (non-hydrogen) atoms. The summed E-state index contributed by atoms with van der Waals surface area (Å²) in [6.45, 7) is 1.18. The van der Waals surface area contributed by atoms with Crippen LogP contribution in [-0.2, 0) is 11.2 Å². The Bertz CT molecular complexity index is 303. The molecule has 0 radical (unpaired) electrons. The number of nitrogens with two attached hydrogens (primary N) is 1. The molecule has 3 nitrogen and oxygen atoms in total. The third-order valence-electron chi connectivity index (χ3n) is 2.36. The molecule has 0 aliphatic carbocycles. The molecule has 2 N–H and O–H groups in total. The number of benzene rings is 1. The van der Waals surface area contributed by atoms with E-state index in [1.54, 1.807) is 4.90 Å². The third kappa shape index (κ3) is 5.14. The van der Waals surface area contributed by atoms with Gasteiger partial charge in [-0.25, -0.2) is 0 Å². The van der Waals surface area contributed by atoms with Crippen LogP contribution in [0.3, 0.4) is 0 Å². The summed E-state index contributed by atoms with van der Waals surface area (Å²) in [5, 5.41) is 0. The minimum atomic E-state index is 0. The van der Waals surface area contributed by atoms with Crippen LogP contribution >= 0.6 is 12.4 Å². The first-order valence-electron chi connectivity index (χ1n) is 5.22. The summed E-state index contributed by atoms with van der Waals surface area (Å²) in [6.07, 6.45) is 1.33. The van der Waals surface area contributed by atoms with Crippen LogP contribution in [0.15, 0.2) is 30.3 Å². The molecule has 90 valence electrons. The smallest absolute Gasteiger partial charge is 0.223 e. The summed E-state index contributed by atoms with van der Waals surface area (Å²) < 4.78 is 0. The van der Waals surface area contributed by atoms with Gasteiger partial charge in [-0.3, -0.25) is 4.79 Å². The minimum Gasteiger partial charge on any atom is -0.345 e. The Labute approximate surface area is 103 Å². The Hall–Kier alpha value is -1.06. The van der Waals surface area contributed by atoms with Gasteiger partial charge in [0.15, 0.2) is 0 Å². The molecule has 0 saturated carbocycles. The zero-order valence-corrected chi connectivity index (χ0v) is 10.4. The highest BCUT2D eigenvalue weighted by Gasteiger charge is 2.06. The Kier molecular flexibility index (Phi) is 7.60. The van der Waals surface area contributed by atoms with E-state index in [1.807, 2.05) is 25.2 Å². The van der Waals surface area contributed by atoms with Crippen LogP contribution in [0.2, 0.25) is 0 Å². The summed E-state index contributed by atoms with van der Waals surface area (Å²) in [5.74, 6) is 0.119. The van der Waals surface area contributed by atoms with Gasteiger partial charge in [-0.05, 0) is 12.0 Å².